The lowest BCUT2D eigenvalue weighted by molar-refractivity contribution is -0.117. The maximum Gasteiger partial charge on any atom is 0.257 e. The van der Waals surface area contributed by atoms with Crippen molar-refractivity contribution in [3.05, 3.63) is 54.1 Å². The Bertz CT molecular complexity index is 1060. The molecule has 32 heavy (non-hydrogen) atoms. The highest BCUT2D eigenvalue weighted by molar-refractivity contribution is 7.99. The molecule has 3 aromatic rings. The van der Waals surface area contributed by atoms with Crippen molar-refractivity contribution in [2.75, 3.05) is 30.9 Å². The van der Waals surface area contributed by atoms with Crippen LogP contribution in [0.1, 0.15) is 24.2 Å². The smallest absolute Gasteiger partial charge is 0.257 e. The van der Waals surface area contributed by atoms with Crippen LogP contribution in [-0.2, 0) is 11.8 Å². The second-order valence-electron chi connectivity index (χ2n) is 6.98. The number of methoxy groups -OCH3 is 1. The number of amides is 2. The molecule has 1 heterocycles. The molecule has 0 atom stereocenters. The molecule has 1 N–H and O–H groups in total. The van der Waals surface area contributed by atoms with Gasteiger partial charge < -0.3 is 14.2 Å². The number of aromatic nitrogens is 3. The van der Waals surface area contributed by atoms with Crippen LogP contribution < -0.4 is 15.0 Å². The number of hydrogen-bond donors (Lipinski definition) is 1. The minimum absolute atomic E-state index is 0.0504. The highest BCUT2D eigenvalue weighted by atomic mass is 32.2. The zero-order chi connectivity index (χ0) is 23.1. The van der Waals surface area contributed by atoms with E-state index in [4.69, 9.17) is 4.74 Å². The van der Waals surface area contributed by atoms with Gasteiger partial charge in [-0.1, -0.05) is 11.8 Å². The summed E-state index contributed by atoms with van der Waals surface area (Å²) in [6.45, 7) is 6.15. The van der Waals surface area contributed by atoms with E-state index in [-0.39, 0.29) is 5.75 Å². The highest BCUT2D eigenvalue weighted by Gasteiger charge is 2.15. The Kier molecular flexibility index (Phi) is 7.88. The van der Waals surface area contributed by atoms with Crippen molar-refractivity contribution in [3.8, 4) is 17.1 Å². The molecule has 0 saturated carbocycles. The van der Waals surface area contributed by atoms with Crippen LogP contribution in [0.25, 0.3) is 11.4 Å². The summed E-state index contributed by atoms with van der Waals surface area (Å²) >= 11 is 1.23. The van der Waals surface area contributed by atoms with E-state index in [0.29, 0.717) is 22.3 Å². The Morgan fingerprint density at radius 2 is 1.69 bits per heavy atom. The molecule has 0 aliphatic carbocycles. The van der Waals surface area contributed by atoms with Crippen molar-refractivity contribution in [3.63, 3.8) is 0 Å². The molecule has 2 amide bonds. The zero-order valence-corrected chi connectivity index (χ0v) is 19.5. The van der Waals surface area contributed by atoms with E-state index in [0.717, 1.165) is 24.3 Å². The number of carbonyl (C=O) groups excluding carboxylic acids is 2. The molecule has 1 aromatic heterocycles. The average molecular weight is 454 g/mol. The van der Waals surface area contributed by atoms with E-state index in [2.05, 4.69) is 46.4 Å². The summed E-state index contributed by atoms with van der Waals surface area (Å²) in [5.41, 5.74) is 2.49. The molecule has 0 aliphatic heterocycles. The topological polar surface area (TPSA) is 89.3 Å². The van der Waals surface area contributed by atoms with Crippen LogP contribution in [0.3, 0.4) is 0 Å². The number of rotatable bonds is 9. The molecule has 0 saturated heterocycles. The van der Waals surface area contributed by atoms with Crippen molar-refractivity contribution >= 4 is 29.3 Å². The van der Waals surface area contributed by atoms with Gasteiger partial charge in [0.2, 0.25) is 5.91 Å². The third-order valence-electron chi connectivity index (χ3n) is 5.03. The van der Waals surface area contributed by atoms with Gasteiger partial charge in [0.05, 0.1) is 12.9 Å². The molecule has 0 unspecified atom stereocenters. The van der Waals surface area contributed by atoms with E-state index in [1.807, 2.05) is 23.7 Å². The lowest BCUT2D eigenvalue weighted by Gasteiger charge is -2.21. The number of anilines is 1. The van der Waals surface area contributed by atoms with E-state index in [9.17, 15) is 9.59 Å². The van der Waals surface area contributed by atoms with Gasteiger partial charge in [0, 0.05) is 37.0 Å². The summed E-state index contributed by atoms with van der Waals surface area (Å²) in [5, 5.41) is 11.5. The van der Waals surface area contributed by atoms with Crippen molar-refractivity contribution in [1.29, 1.82) is 0 Å². The summed E-state index contributed by atoms with van der Waals surface area (Å²) in [6.07, 6.45) is 0. The predicted octanol–water partition coefficient (Wildman–Crippen LogP) is 3.39. The Hall–Kier alpha value is -3.33. The van der Waals surface area contributed by atoms with Crippen LogP contribution >= 0.6 is 11.8 Å². The summed E-state index contributed by atoms with van der Waals surface area (Å²) in [4.78, 5) is 26.7. The zero-order valence-electron chi connectivity index (χ0n) is 18.7. The minimum atomic E-state index is -0.454. The number of nitrogens with zero attached hydrogens (tertiary/aromatic N) is 4. The van der Waals surface area contributed by atoms with Gasteiger partial charge in [-0.05, 0) is 62.4 Å². The molecule has 168 valence electrons. The van der Waals surface area contributed by atoms with E-state index in [1.165, 1.54) is 11.8 Å². The van der Waals surface area contributed by atoms with Crippen LogP contribution in [0.5, 0.6) is 5.75 Å². The monoisotopic (exact) mass is 453 g/mol. The van der Waals surface area contributed by atoms with Crippen molar-refractivity contribution in [2.24, 2.45) is 7.05 Å². The van der Waals surface area contributed by atoms with Crippen LogP contribution in [0.2, 0.25) is 0 Å². The molecule has 0 radical (unpaired) electrons. The van der Waals surface area contributed by atoms with Crippen LogP contribution in [0, 0.1) is 0 Å². The molecule has 0 bridgehead atoms. The largest absolute Gasteiger partial charge is 0.497 e. The Morgan fingerprint density at radius 1 is 1.03 bits per heavy atom. The summed E-state index contributed by atoms with van der Waals surface area (Å²) in [7, 11) is 3.41. The van der Waals surface area contributed by atoms with Gasteiger partial charge in [-0.2, -0.15) is 0 Å². The summed E-state index contributed by atoms with van der Waals surface area (Å²) in [5.74, 6) is 0.557. The van der Waals surface area contributed by atoms with E-state index in [1.54, 1.807) is 31.4 Å². The van der Waals surface area contributed by atoms with Crippen molar-refractivity contribution in [1.82, 2.24) is 20.1 Å². The minimum Gasteiger partial charge on any atom is -0.497 e. The third-order valence-corrected chi connectivity index (χ3v) is 6.05. The molecule has 3 rings (SSSR count). The second kappa shape index (κ2) is 10.8. The van der Waals surface area contributed by atoms with Crippen molar-refractivity contribution in [2.45, 2.75) is 19.0 Å². The van der Waals surface area contributed by atoms with Gasteiger partial charge in [0.15, 0.2) is 11.0 Å². The fourth-order valence-corrected chi connectivity index (χ4v) is 3.92. The molecular formula is C23H27N5O3S. The number of imide groups is 1. The fraction of sp³-hybridized carbons (Fsp3) is 0.304. The third kappa shape index (κ3) is 5.47. The quantitative estimate of drug-likeness (QED) is 0.497. The normalized spacial score (nSPS) is 10.6. The highest BCUT2D eigenvalue weighted by Crippen LogP contribution is 2.25. The van der Waals surface area contributed by atoms with E-state index < -0.39 is 11.8 Å². The van der Waals surface area contributed by atoms with Gasteiger partial charge >= 0.3 is 0 Å². The molecule has 0 fully saturated rings. The number of ether oxygens (including phenoxy) is 1. The number of thioether (sulfide) groups is 1. The van der Waals surface area contributed by atoms with Crippen LogP contribution in [0.4, 0.5) is 5.69 Å². The SMILES string of the molecule is CCN(CC)c1ccc(-c2nnc(SCC(=O)NC(=O)c3ccc(OC)cc3)n2C)cc1. The van der Waals surface area contributed by atoms with Crippen LogP contribution in [0.15, 0.2) is 53.7 Å². The van der Waals surface area contributed by atoms with Gasteiger partial charge in [0.25, 0.3) is 5.91 Å². The first kappa shape index (κ1) is 23.3. The summed E-state index contributed by atoms with van der Waals surface area (Å²) < 4.78 is 6.91. The average Bonchev–Trinajstić information content (AvgIpc) is 3.19. The number of nitrogens with one attached hydrogen (secondary N) is 1. The summed E-state index contributed by atoms with van der Waals surface area (Å²) in [6, 6.07) is 14.7. The lowest BCUT2D eigenvalue weighted by Crippen LogP contribution is -2.31. The van der Waals surface area contributed by atoms with Gasteiger partial charge in [0.1, 0.15) is 5.75 Å². The molecular weight excluding hydrogens is 426 g/mol. The number of carbonyl (C=O) groups is 2. The predicted molar refractivity (Wildman–Crippen MR) is 126 cm³/mol. The number of hydrogen-bond acceptors (Lipinski definition) is 7. The second-order valence-corrected chi connectivity index (χ2v) is 7.92. The van der Waals surface area contributed by atoms with Crippen LogP contribution in [-0.4, -0.2) is 52.5 Å². The molecule has 0 spiro atoms. The first-order chi connectivity index (χ1) is 15.5. The molecule has 2 aromatic carbocycles. The van der Waals surface area contributed by atoms with Gasteiger partial charge in [-0.25, -0.2) is 0 Å². The molecule has 9 heteroatoms. The van der Waals surface area contributed by atoms with E-state index >= 15 is 0 Å². The Morgan fingerprint density at radius 3 is 2.28 bits per heavy atom. The number of benzene rings is 2. The van der Waals surface area contributed by atoms with Crippen molar-refractivity contribution < 1.29 is 14.3 Å². The molecule has 0 aliphatic rings. The maximum atomic E-state index is 12.2. The fourth-order valence-electron chi connectivity index (χ4n) is 3.21. The van der Waals surface area contributed by atoms with Gasteiger partial charge in [-0.15, -0.1) is 10.2 Å². The Labute approximate surface area is 192 Å². The first-order valence-electron chi connectivity index (χ1n) is 10.3. The van der Waals surface area contributed by atoms with Gasteiger partial charge in [-0.3, -0.25) is 14.9 Å². The lowest BCUT2D eigenvalue weighted by atomic mass is 10.2. The molecule has 8 nitrogen and oxygen atoms in total. The Balaban J connectivity index is 1.59. The standard InChI is InChI=1S/C23H27N5O3S/c1-5-28(6-2)18-11-7-16(8-12-18)21-25-26-23(27(21)3)32-15-20(29)24-22(30)17-9-13-19(31-4)14-10-17/h7-14H,5-6,15H2,1-4H3,(H,24,29,30). The first-order valence-corrected chi connectivity index (χ1v) is 11.3. The maximum absolute atomic E-state index is 12.2.